The van der Waals surface area contributed by atoms with E-state index >= 15 is 0 Å². The van der Waals surface area contributed by atoms with Gasteiger partial charge in [-0.2, -0.15) is 0 Å². The summed E-state index contributed by atoms with van der Waals surface area (Å²) in [5.74, 6) is 0.117. The maximum absolute atomic E-state index is 13.6. The lowest BCUT2D eigenvalue weighted by molar-refractivity contribution is 0.261. The maximum atomic E-state index is 13.6. The monoisotopic (exact) mass is 353 g/mol. The molecular formula is C18H16FN5O2. The van der Waals surface area contributed by atoms with Gasteiger partial charge < -0.3 is 10.1 Å². The normalized spacial score (nSPS) is 10.2. The van der Waals surface area contributed by atoms with Gasteiger partial charge in [0.15, 0.2) is 5.82 Å². The van der Waals surface area contributed by atoms with Gasteiger partial charge in [-0.3, -0.25) is 15.3 Å². The van der Waals surface area contributed by atoms with E-state index in [9.17, 15) is 9.18 Å². The van der Waals surface area contributed by atoms with Gasteiger partial charge in [0.1, 0.15) is 18.2 Å². The number of nitrogens with zero attached hydrogens (tertiary/aromatic N) is 3. The number of anilines is 2. The highest BCUT2D eigenvalue weighted by Crippen LogP contribution is 2.26. The van der Waals surface area contributed by atoms with Crippen molar-refractivity contribution in [2.24, 2.45) is 0 Å². The SMILES string of the molecule is Cc1cnc(NC(=O)Nc2cc(F)ccc2OCc2cccnc2)cn1. The van der Waals surface area contributed by atoms with Crippen LogP contribution in [0.3, 0.4) is 0 Å². The molecule has 0 aliphatic heterocycles. The summed E-state index contributed by atoms with van der Waals surface area (Å²) < 4.78 is 19.2. The summed E-state index contributed by atoms with van der Waals surface area (Å²) in [4.78, 5) is 24.2. The Morgan fingerprint density at radius 1 is 1.15 bits per heavy atom. The van der Waals surface area contributed by atoms with Crippen LogP contribution in [0, 0.1) is 12.7 Å². The largest absolute Gasteiger partial charge is 0.487 e. The molecule has 1 aromatic carbocycles. The van der Waals surface area contributed by atoms with Crippen LogP contribution in [0.25, 0.3) is 0 Å². The van der Waals surface area contributed by atoms with Crippen molar-refractivity contribution < 1.29 is 13.9 Å². The van der Waals surface area contributed by atoms with Crippen LogP contribution in [-0.4, -0.2) is 21.0 Å². The fourth-order valence-corrected chi connectivity index (χ4v) is 2.10. The van der Waals surface area contributed by atoms with Crippen molar-refractivity contribution in [2.75, 3.05) is 10.6 Å². The number of amides is 2. The molecule has 7 nitrogen and oxygen atoms in total. The lowest BCUT2D eigenvalue weighted by Crippen LogP contribution is -2.20. The number of nitrogens with one attached hydrogen (secondary N) is 2. The van der Waals surface area contributed by atoms with E-state index in [0.717, 1.165) is 11.3 Å². The van der Waals surface area contributed by atoms with Gasteiger partial charge in [-0.1, -0.05) is 6.07 Å². The Kier molecular flexibility index (Phi) is 5.33. The van der Waals surface area contributed by atoms with Crippen molar-refractivity contribution in [2.45, 2.75) is 13.5 Å². The van der Waals surface area contributed by atoms with E-state index in [0.29, 0.717) is 5.75 Å². The first kappa shape index (κ1) is 17.3. The number of hydrogen-bond acceptors (Lipinski definition) is 5. The molecule has 132 valence electrons. The molecule has 2 aromatic heterocycles. The minimum absolute atomic E-state index is 0.200. The zero-order valence-corrected chi connectivity index (χ0v) is 13.9. The molecule has 0 fully saturated rings. The Labute approximate surface area is 149 Å². The second-order valence-corrected chi connectivity index (χ2v) is 5.41. The molecule has 2 amide bonds. The van der Waals surface area contributed by atoms with Crippen LogP contribution in [0.4, 0.5) is 20.7 Å². The first-order chi connectivity index (χ1) is 12.6. The molecule has 2 heterocycles. The zero-order valence-electron chi connectivity index (χ0n) is 13.9. The summed E-state index contributed by atoms with van der Waals surface area (Å²) in [5, 5.41) is 5.08. The van der Waals surface area contributed by atoms with Crippen LogP contribution < -0.4 is 15.4 Å². The van der Waals surface area contributed by atoms with Gasteiger partial charge in [0.25, 0.3) is 0 Å². The zero-order chi connectivity index (χ0) is 18.4. The predicted octanol–water partition coefficient (Wildman–Crippen LogP) is 3.54. The molecule has 2 N–H and O–H groups in total. The summed E-state index contributed by atoms with van der Waals surface area (Å²) in [6.07, 6.45) is 6.28. The molecular weight excluding hydrogens is 337 g/mol. The molecule has 0 saturated heterocycles. The quantitative estimate of drug-likeness (QED) is 0.732. The lowest BCUT2D eigenvalue weighted by Gasteiger charge is -2.13. The summed E-state index contributed by atoms with van der Waals surface area (Å²) in [7, 11) is 0. The third-order valence-electron chi connectivity index (χ3n) is 3.33. The van der Waals surface area contributed by atoms with Crippen LogP contribution in [0.5, 0.6) is 5.75 Å². The van der Waals surface area contributed by atoms with E-state index in [4.69, 9.17) is 4.74 Å². The van der Waals surface area contributed by atoms with Gasteiger partial charge in [0.2, 0.25) is 0 Å². The molecule has 0 bridgehead atoms. The van der Waals surface area contributed by atoms with Crippen LogP contribution >= 0.6 is 0 Å². The standard InChI is InChI=1S/C18H16FN5O2/c1-12-8-22-17(10-21-12)24-18(25)23-15-7-14(19)4-5-16(15)26-11-13-3-2-6-20-9-13/h2-10H,11H2,1H3,(H2,22,23,24,25). The van der Waals surface area contributed by atoms with E-state index in [1.807, 2.05) is 6.07 Å². The van der Waals surface area contributed by atoms with Gasteiger partial charge in [-0.05, 0) is 25.1 Å². The molecule has 0 aliphatic rings. The van der Waals surface area contributed by atoms with Crippen LogP contribution in [0.15, 0.2) is 55.1 Å². The Morgan fingerprint density at radius 3 is 2.77 bits per heavy atom. The average molecular weight is 353 g/mol. The van der Waals surface area contributed by atoms with E-state index in [-0.39, 0.29) is 18.1 Å². The highest BCUT2D eigenvalue weighted by atomic mass is 19.1. The molecule has 0 spiro atoms. The van der Waals surface area contributed by atoms with Crippen LogP contribution in [0.1, 0.15) is 11.3 Å². The first-order valence-electron chi connectivity index (χ1n) is 7.78. The third-order valence-corrected chi connectivity index (χ3v) is 3.33. The molecule has 0 saturated carbocycles. The topological polar surface area (TPSA) is 89.0 Å². The number of aryl methyl sites for hydroxylation is 1. The third kappa shape index (κ3) is 4.73. The Bertz CT molecular complexity index is 888. The van der Waals surface area contributed by atoms with Gasteiger partial charge >= 0.3 is 6.03 Å². The molecule has 0 unspecified atom stereocenters. The summed E-state index contributed by atoms with van der Waals surface area (Å²) in [6, 6.07) is 6.95. The predicted molar refractivity (Wildman–Crippen MR) is 94.4 cm³/mol. The minimum Gasteiger partial charge on any atom is -0.487 e. The van der Waals surface area contributed by atoms with Crippen molar-refractivity contribution in [3.63, 3.8) is 0 Å². The summed E-state index contributed by atoms with van der Waals surface area (Å²) in [5.41, 5.74) is 1.78. The number of rotatable bonds is 5. The number of carbonyl (C=O) groups excluding carboxylic acids is 1. The second-order valence-electron chi connectivity index (χ2n) is 5.41. The van der Waals surface area contributed by atoms with Gasteiger partial charge in [-0.15, -0.1) is 0 Å². The Morgan fingerprint density at radius 2 is 2.04 bits per heavy atom. The van der Waals surface area contributed by atoms with Crippen molar-refractivity contribution >= 4 is 17.5 Å². The van der Waals surface area contributed by atoms with Gasteiger partial charge in [0, 0.05) is 24.0 Å². The number of hydrogen-bond donors (Lipinski definition) is 2. The van der Waals surface area contributed by atoms with Crippen molar-refractivity contribution in [3.8, 4) is 5.75 Å². The number of ether oxygens (including phenoxy) is 1. The van der Waals surface area contributed by atoms with E-state index in [2.05, 4.69) is 25.6 Å². The van der Waals surface area contributed by atoms with Crippen LogP contribution in [-0.2, 0) is 6.61 Å². The van der Waals surface area contributed by atoms with Gasteiger partial charge in [-0.25, -0.2) is 14.2 Å². The second kappa shape index (κ2) is 8.02. The maximum Gasteiger partial charge on any atom is 0.325 e. The minimum atomic E-state index is -0.583. The fraction of sp³-hybridized carbons (Fsp3) is 0.111. The fourth-order valence-electron chi connectivity index (χ4n) is 2.10. The van der Waals surface area contributed by atoms with E-state index < -0.39 is 11.8 Å². The Balaban J connectivity index is 1.68. The first-order valence-corrected chi connectivity index (χ1v) is 7.78. The number of urea groups is 1. The van der Waals surface area contributed by atoms with E-state index in [1.165, 1.54) is 30.6 Å². The number of halogens is 1. The molecule has 3 rings (SSSR count). The lowest BCUT2D eigenvalue weighted by atomic mass is 10.2. The van der Waals surface area contributed by atoms with Crippen molar-refractivity contribution in [1.82, 2.24) is 15.0 Å². The number of pyridine rings is 1. The molecule has 0 atom stereocenters. The molecule has 26 heavy (non-hydrogen) atoms. The molecule has 8 heteroatoms. The highest BCUT2D eigenvalue weighted by Gasteiger charge is 2.11. The summed E-state index contributed by atoms with van der Waals surface area (Å²) >= 11 is 0. The summed E-state index contributed by atoms with van der Waals surface area (Å²) in [6.45, 7) is 2.02. The Hall–Kier alpha value is -3.55. The molecule has 3 aromatic rings. The molecule has 0 radical (unpaired) electrons. The molecule has 0 aliphatic carbocycles. The number of aromatic nitrogens is 3. The van der Waals surface area contributed by atoms with Gasteiger partial charge in [0.05, 0.1) is 23.8 Å². The smallest absolute Gasteiger partial charge is 0.325 e. The van der Waals surface area contributed by atoms with Crippen molar-refractivity contribution in [1.29, 1.82) is 0 Å². The number of carbonyl (C=O) groups is 1. The average Bonchev–Trinajstić information content (AvgIpc) is 2.64. The van der Waals surface area contributed by atoms with E-state index in [1.54, 1.807) is 25.4 Å². The number of benzene rings is 1. The van der Waals surface area contributed by atoms with Crippen molar-refractivity contribution in [3.05, 3.63) is 72.2 Å². The highest BCUT2D eigenvalue weighted by molar-refractivity contribution is 6.00. The van der Waals surface area contributed by atoms with Crippen LogP contribution in [0.2, 0.25) is 0 Å².